The first-order valence-corrected chi connectivity index (χ1v) is 7.65. The molecule has 0 spiro atoms. The van der Waals surface area contributed by atoms with Crippen molar-refractivity contribution in [3.63, 3.8) is 0 Å². The second kappa shape index (κ2) is 5.29. The van der Waals surface area contributed by atoms with Crippen LogP contribution in [-0.2, 0) is 10.0 Å². The maximum atomic E-state index is 12.6. The van der Waals surface area contributed by atoms with E-state index < -0.39 is 10.0 Å². The normalized spacial score (nSPS) is 21.0. The summed E-state index contributed by atoms with van der Waals surface area (Å²) in [4.78, 5) is 0.209. The third kappa shape index (κ3) is 2.78. The second-order valence-electron chi connectivity index (χ2n) is 4.86. The van der Waals surface area contributed by atoms with Crippen molar-refractivity contribution < 1.29 is 8.42 Å². The number of aryl methyl sites for hydroxylation is 1. The van der Waals surface area contributed by atoms with Gasteiger partial charge in [0.25, 0.3) is 0 Å². The van der Waals surface area contributed by atoms with Gasteiger partial charge in [0.15, 0.2) is 0 Å². The van der Waals surface area contributed by atoms with E-state index in [2.05, 4.69) is 0 Å². The van der Waals surface area contributed by atoms with E-state index in [-0.39, 0.29) is 10.9 Å². The first-order valence-electron chi connectivity index (χ1n) is 6.21. The largest absolute Gasteiger partial charge is 0.327 e. The molecule has 5 nitrogen and oxygen atoms in total. The van der Waals surface area contributed by atoms with E-state index in [4.69, 9.17) is 11.0 Å². The van der Waals surface area contributed by atoms with Gasteiger partial charge in [-0.1, -0.05) is 6.07 Å². The van der Waals surface area contributed by atoms with Crippen molar-refractivity contribution in [1.29, 1.82) is 5.26 Å². The number of nitrogens with two attached hydrogens (primary N) is 1. The minimum Gasteiger partial charge on any atom is -0.327 e. The summed E-state index contributed by atoms with van der Waals surface area (Å²) < 4.78 is 26.6. The highest BCUT2D eigenvalue weighted by molar-refractivity contribution is 7.89. The summed E-state index contributed by atoms with van der Waals surface area (Å²) >= 11 is 0. The molecule has 0 saturated carbocycles. The Kier molecular flexibility index (Phi) is 3.90. The molecule has 0 unspecified atom stereocenters. The van der Waals surface area contributed by atoms with Crippen molar-refractivity contribution >= 4 is 10.0 Å². The van der Waals surface area contributed by atoms with Gasteiger partial charge in [-0.05, 0) is 37.5 Å². The van der Waals surface area contributed by atoms with Gasteiger partial charge in [-0.2, -0.15) is 9.57 Å². The van der Waals surface area contributed by atoms with Crippen LogP contribution in [0.2, 0.25) is 0 Å². The molecule has 1 aliphatic heterocycles. The van der Waals surface area contributed by atoms with Crippen molar-refractivity contribution in [2.24, 2.45) is 5.73 Å². The van der Waals surface area contributed by atoms with E-state index in [1.807, 2.05) is 6.07 Å². The van der Waals surface area contributed by atoms with E-state index in [1.54, 1.807) is 19.1 Å². The summed E-state index contributed by atoms with van der Waals surface area (Å²) in [5.41, 5.74) is 6.84. The molecule has 102 valence electrons. The summed E-state index contributed by atoms with van der Waals surface area (Å²) in [5.74, 6) is 0. The van der Waals surface area contributed by atoms with Crippen LogP contribution in [0.3, 0.4) is 0 Å². The summed E-state index contributed by atoms with van der Waals surface area (Å²) in [7, 11) is -3.56. The molecule has 0 aromatic heterocycles. The molecule has 1 atom stereocenters. The van der Waals surface area contributed by atoms with Crippen molar-refractivity contribution in [1.82, 2.24) is 4.31 Å². The van der Waals surface area contributed by atoms with Gasteiger partial charge < -0.3 is 5.73 Å². The Labute approximate surface area is 113 Å². The van der Waals surface area contributed by atoms with E-state index >= 15 is 0 Å². The first-order chi connectivity index (χ1) is 8.95. The molecule has 1 fully saturated rings. The lowest BCUT2D eigenvalue weighted by Crippen LogP contribution is -2.45. The van der Waals surface area contributed by atoms with Crippen LogP contribution in [0.5, 0.6) is 0 Å². The molecule has 0 bridgehead atoms. The topological polar surface area (TPSA) is 87.2 Å². The van der Waals surface area contributed by atoms with Crippen LogP contribution >= 0.6 is 0 Å². The van der Waals surface area contributed by atoms with E-state index in [0.717, 1.165) is 12.8 Å². The standard InChI is InChI=1S/C13H17N3O2S/c1-10-4-5-11(8-14)7-13(10)19(17,18)16-6-2-3-12(15)9-16/h4-5,7,12H,2-3,6,9,15H2,1H3/t12-/m0/s1. The highest BCUT2D eigenvalue weighted by atomic mass is 32.2. The van der Waals surface area contributed by atoms with Crippen LogP contribution in [0.15, 0.2) is 23.1 Å². The molecule has 1 aliphatic rings. The van der Waals surface area contributed by atoms with Gasteiger partial charge in [-0.25, -0.2) is 8.42 Å². The van der Waals surface area contributed by atoms with Crippen molar-refractivity contribution in [3.8, 4) is 6.07 Å². The highest BCUT2D eigenvalue weighted by Crippen LogP contribution is 2.23. The number of nitrogens with zero attached hydrogens (tertiary/aromatic N) is 2. The summed E-state index contributed by atoms with van der Waals surface area (Å²) in [5, 5.41) is 8.89. The molecule has 0 amide bonds. The zero-order valence-corrected chi connectivity index (χ0v) is 11.7. The molecule has 2 rings (SSSR count). The monoisotopic (exact) mass is 279 g/mol. The Morgan fingerprint density at radius 2 is 2.21 bits per heavy atom. The minimum absolute atomic E-state index is 0.108. The lowest BCUT2D eigenvalue weighted by molar-refractivity contribution is 0.316. The van der Waals surface area contributed by atoms with Crippen LogP contribution in [-0.4, -0.2) is 31.9 Å². The molecule has 1 aromatic rings. The zero-order chi connectivity index (χ0) is 14.0. The smallest absolute Gasteiger partial charge is 0.243 e. The quantitative estimate of drug-likeness (QED) is 0.874. The number of piperidine rings is 1. The fourth-order valence-corrected chi connectivity index (χ4v) is 4.07. The zero-order valence-electron chi connectivity index (χ0n) is 10.8. The van der Waals surface area contributed by atoms with Gasteiger partial charge in [0.05, 0.1) is 16.5 Å². The van der Waals surface area contributed by atoms with Gasteiger partial charge in [0, 0.05) is 19.1 Å². The number of rotatable bonds is 2. The number of hydrogen-bond acceptors (Lipinski definition) is 4. The van der Waals surface area contributed by atoms with Crippen LogP contribution < -0.4 is 5.73 Å². The van der Waals surface area contributed by atoms with Crippen molar-refractivity contribution in [2.45, 2.75) is 30.7 Å². The van der Waals surface area contributed by atoms with Gasteiger partial charge in [0.2, 0.25) is 10.0 Å². The fraction of sp³-hybridized carbons (Fsp3) is 0.462. The molecule has 19 heavy (non-hydrogen) atoms. The lowest BCUT2D eigenvalue weighted by Gasteiger charge is -2.30. The average molecular weight is 279 g/mol. The van der Waals surface area contributed by atoms with E-state index in [1.165, 1.54) is 10.4 Å². The molecule has 6 heteroatoms. The fourth-order valence-electron chi connectivity index (χ4n) is 2.28. The Bertz CT molecular complexity index is 619. The first kappa shape index (κ1) is 14.0. The van der Waals surface area contributed by atoms with Gasteiger partial charge >= 0.3 is 0 Å². The van der Waals surface area contributed by atoms with Gasteiger partial charge in [0.1, 0.15) is 0 Å². The van der Waals surface area contributed by atoms with Crippen molar-refractivity contribution in [2.75, 3.05) is 13.1 Å². The SMILES string of the molecule is Cc1ccc(C#N)cc1S(=O)(=O)N1CCC[C@H](N)C1. The molecular formula is C13H17N3O2S. The van der Waals surface area contributed by atoms with Crippen LogP contribution in [0, 0.1) is 18.3 Å². The minimum atomic E-state index is -3.56. The lowest BCUT2D eigenvalue weighted by atomic mass is 10.1. The van der Waals surface area contributed by atoms with Crippen molar-refractivity contribution in [3.05, 3.63) is 29.3 Å². The predicted octanol–water partition coefficient (Wildman–Crippen LogP) is 0.978. The highest BCUT2D eigenvalue weighted by Gasteiger charge is 2.30. The Morgan fingerprint density at radius 3 is 2.84 bits per heavy atom. The predicted molar refractivity (Wildman–Crippen MR) is 71.9 cm³/mol. The molecule has 1 aromatic carbocycles. The number of nitriles is 1. The molecule has 1 heterocycles. The Balaban J connectivity index is 2.42. The number of benzene rings is 1. The van der Waals surface area contributed by atoms with Gasteiger partial charge in [-0.3, -0.25) is 0 Å². The van der Waals surface area contributed by atoms with E-state index in [0.29, 0.717) is 24.2 Å². The molecular weight excluding hydrogens is 262 g/mol. The number of sulfonamides is 1. The molecule has 1 saturated heterocycles. The molecule has 0 radical (unpaired) electrons. The van der Waals surface area contributed by atoms with Crippen LogP contribution in [0.1, 0.15) is 24.0 Å². The average Bonchev–Trinajstić information content (AvgIpc) is 2.39. The third-order valence-electron chi connectivity index (χ3n) is 3.36. The number of hydrogen-bond donors (Lipinski definition) is 1. The Morgan fingerprint density at radius 1 is 1.47 bits per heavy atom. The summed E-state index contributed by atoms with van der Waals surface area (Å²) in [6.07, 6.45) is 1.63. The Hall–Kier alpha value is -1.42. The third-order valence-corrected chi connectivity index (χ3v) is 5.36. The van der Waals surface area contributed by atoms with Crippen LogP contribution in [0.4, 0.5) is 0 Å². The summed E-state index contributed by atoms with van der Waals surface area (Å²) in [6.45, 7) is 2.57. The molecule has 2 N–H and O–H groups in total. The summed E-state index contributed by atoms with van der Waals surface area (Å²) in [6, 6.07) is 6.58. The van der Waals surface area contributed by atoms with Gasteiger partial charge in [-0.15, -0.1) is 0 Å². The second-order valence-corrected chi connectivity index (χ2v) is 6.76. The maximum Gasteiger partial charge on any atom is 0.243 e. The maximum absolute atomic E-state index is 12.6. The van der Waals surface area contributed by atoms with E-state index in [9.17, 15) is 8.42 Å². The molecule has 0 aliphatic carbocycles. The van der Waals surface area contributed by atoms with Crippen LogP contribution in [0.25, 0.3) is 0 Å².